The lowest BCUT2D eigenvalue weighted by Crippen LogP contribution is -2.29. The van der Waals surface area contributed by atoms with E-state index in [2.05, 4.69) is 48.5 Å². The molecule has 0 aliphatic carbocycles. The van der Waals surface area contributed by atoms with Crippen LogP contribution in [0.4, 0.5) is 0 Å². The molecule has 3 aromatic heterocycles. The van der Waals surface area contributed by atoms with Gasteiger partial charge in [-0.05, 0) is 37.6 Å². The van der Waals surface area contributed by atoms with Gasteiger partial charge in [0, 0.05) is 54.1 Å². The first kappa shape index (κ1) is 17.8. The maximum Gasteiger partial charge on any atom is 0.159 e. The van der Waals surface area contributed by atoms with Gasteiger partial charge in [0.1, 0.15) is 0 Å². The van der Waals surface area contributed by atoms with E-state index in [9.17, 15) is 0 Å². The molecule has 0 amide bonds. The molecule has 1 aliphatic rings. The van der Waals surface area contributed by atoms with Gasteiger partial charge in [0.25, 0.3) is 0 Å². The standard InChI is InChI=1S/C22H23N7/c1-28-14-19(12-26-28)16-3-2-4-17(9-16)22-24-10-18(11-25-22)20-13-27-29(15-20)21-5-7-23-8-6-21/h2-4,9-15,21,23H,5-8H2,1H3. The molecule has 146 valence electrons. The first-order chi connectivity index (χ1) is 14.3. The number of piperidine rings is 1. The average molecular weight is 385 g/mol. The minimum Gasteiger partial charge on any atom is -0.317 e. The van der Waals surface area contributed by atoms with E-state index in [1.54, 1.807) is 4.68 Å². The van der Waals surface area contributed by atoms with Crippen LogP contribution in [0.5, 0.6) is 0 Å². The second-order valence-corrected chi connectivity index (χ2v) is 7.47. The molecular formula is C22H23N7. The highest BCUT2D eigenvalue weighted by Gasteiger charge is 2.16. The topological polar surface area (TPSA) is 73.5 Å². The molecule has 29 heavy (non-hydrogen) atoms. The van der Waals surface area contributed by atoms with E-state index < -0.39 is 0 Å². The zero-order valence-electron chi connectivity index (χ0n) is 16.4. The number of hydrogen-bond donors (Lipinski definition) is 1. The summed E-state index contributed by atoms with van der Waals surface area (Å²) in [6.45, 7) is 2.10. The molecule has 1 N–H and O–H groups in total. The van der Waals surface area contributed by atoms with Crippen LogP contribution in [-0.2, 0) is 7.05 Å². The van der Waals surface area contributed by atoms with Crippen LogP contribution in [-0.4, -0.2) is 42.6 Å². The predicted octanol–water partition coefficient (Wildman–Crippen LogP) is 3.33. The van der Waals surface area contributed by atoms with Crippen molar-refractivity contribution in [3.05, 3.63) is 61.4 Å². The Hall–Kier alpha value is -3.32. The molecule has 1 aliphatic heterocycles. The SMILES string of the molecule is Cn1cc(-c2cccc(-c3ncc(-c4cnn(C5CCNCC5)c4)cn3)c2)cn1. The molecule has 1 saturated heterocycles. The van der Waals surface area contributed by atoms with Gasteiger partial charge in [0.2, 0.25) is 0 Å². The smallest absolute Gasteiger partial charge is 0.159 e. The number of benzene rings is 1. The number of nitrogens with one attached hydrogen (secondary N) is 1. The van der Waals surface area contributed by atoms with E-state index in [0.717, 1.165) is 53.7 Å². The van der Waals surface area contributed by atoms with Gasteiger partial charge in [-0.15, -0.1) is 0 Å². The lowest BCUT2D eigenvalue weighted by molar-refractivity contribution is 0.343. The highest BCUT2D eigenvalue weighted by molar-refractivity contribution is 5.70. The third-order valence-corrected chi connectivity index (χ3v) is 5.43. The Balaban J connectivity index is 1.37. The molecular weight excluding hydrogens is 362 g/mol. The van der Waals surface area contributed by atoms with E-state index in [0.29, 0.717) is 11.9 Å². The molecule has 4 aromatic rings. The minimum atomic E-state index is 0.473. The van der Waals surface area contributed by atoms with Crippen molar-refractivity contribution in [1.82, 2.24) is 34.8 Å². The zero-order valence-corrected chi connectivity index (χ0v) is 16.4. The molecule has 4 heterocycles. The molecule has 0 atom stereocenters. The van der Waals surface area contributed by atoms with Crippen molar-refractivity contribution in [2.75, 3.05) is 13.1 Å². The minimum absolute atomic E-state index is 0.473. The Morgan fingerprint density at radius 2 is 1.55 bits per heavy atom. The fourth-order valence-corrected chi connectivity index (χ4v) is 3.79. The van der Waals surface area contributed by atoms with Crippen LogP contribution < -0.4 is 5.32 Å². The van der Waals surface area contributed by atoms with Crippen molar-refractivity contribution in [2.24, 2.45) is 7.05 Å². The van der Waals surface area contributed by atoms with Gasteiger partial charge in [-0.3, -0.25) is 9.36 Å². The second-order valence-electron chi connectivity index (χ2n) is 7.47. The maximum atomic E-state index is 4.61. The summed E-state index contributed by atoms with van der Waals surface area (Å²) in [7, 11) is 1.92. The van der Waals surface area contributed by atoms with E-state index in [1.165, 1.54) is 0 Å². The molecule has 1 fully saturated rings. The van der Waals surface area contributed by atoms with Crippen molar-refractivity contribution < 1.29 is 0 Å². The first-order valence-electron chi connectivity index (χ1n) is 9.93. The molecule has 0 saturated carbocycles. The van der Waals surface area contributed by atoms with Crippen LogP contribution in [0, 0.1) is 0 Å². The Morgan fingerprint density at radius 3 is 2.31 bits per heavy atom. The maximum absolute atomic E-state index is 4.61. The molecule has 0 spiro atoms. The molecule has 0 radical (unpaired) electrons. The zero-order chi connectivity index (χ0) is 19.6. The second kappa shape index (κ2) is 7.60. The fourth-order valence-electron chi connectivity index (χ4n) is 3.79. The number of aromatic nitrogens is 6. The van der Waals surface area contributed by atoms with Gasteiger partial charge in [-0.25, -0.2) is 9.97 Å². The van der Waals surface area contributed by atoms with Crippen LogP contribution in [0.3, 0.4) is 0 Å². The van der Waals surface area contributed by atoms with E-state index in [4.69, 9.17) is 0 Å². The summed E-state index contributed by atoms with van der Waals surface area (Å²) < 4.78 is 3.89. The van der Waals surface area contributed by atoms with Gasteiger partial charge in [0.05, 0.1) is 18.4 Å². The molecule has 0 unspecified atom stereocenters. The molecule has 1 aromatic carbocycles. The van der Waals surface area contributed by atoms with Crippen LogP contribution in [0.1, 0.15) is 18.9 Å². The Labute approximate surface area is 169 Å². The highest BCUT2D eigenvalue weighted by atomic mass is 15.3. The monoisotopic (exact) mass is 385 g/mol. The lowest BCUT2D eigenvalue weighted by atomic mass is 10.1. The van der Waals surface area contributed by atoms with Crippen molar-refractivity contribution in [3.8, 4) is 33.6 Å². The van der Waals surface area contributed by atoms with Gasteiger partial charge in [0.15, 0.2) is 5.82 Å². The summed E-state index contributed by atoms with van der Waals surface area (Å²) in [5, 5.41) is 12.2. The van der Waals surface area contributed by atoms with E-state index >= 15 is 0 Å². The van der Waals surface area contributed by atoms with Crippen molar-refractivity contribution >= 4 is 0 Å². The Kier molecular flexibility index (Phi) is 4.65. The van der Waals surface area contributed by atoms with Gasteiger partial charge in [-0.1, -0.05) is 18.2 Å². The summed E-state index contributed by atoms with van der Waals surface area (Å²) in [5.41, 5.74) is 5.21. The normalized spacial score (nSPS) is 14.9. The number of aryl methyl sites for hydroxylation is 1. The van der Waals surface area contributed by atoms with E-state index in [1.807, 2.05) is 50.2 Å². The largest absolute Gasteiger partial charge is 0.317 e. The third-order valence-electron chi connectivity index (χ3n) is 5.43. The van der Waals surface area contributed by atoms with E-state index in [-0.39, 0.29) is 0 Å². The van der Waals surface area contributed by atoms with Crippen molar-refractivity contribution in [1.29, 1.82) is 0 Å². The lowest BCUT2D eigenvalue weighted by Gasteiger charge is -2.22. The third kappa shape index (κ3) is 3.69. The summed E-state index contributed by atoms with van der Waals surface area (Å²) in [6, 6.07) is 8.70. The fraction of sp³-hybridized carbons (Fsp3) is 0.273. The van der Waals surface area contributed by atoms with Gasteiger partial charge in [-0.2, -0.15) is 10.2 Å². The molecule has 5 rings (SSSR count). The summed E-state index contributed by atoms with van der Waals surface area (Å²) in [5.74, 6) is 0.713. The molecule has 7 nitrogen and oxygen atoms in total. The summed E-state index contributed by atoms with van der Waals surface area (Å²) >= 11 is 0. The Bertz CT molecular complexity index is 1100. The van der Waals surface area contributed by atoms with Gasteiger partial charge >= 0.3 is 0 Å². The number of nitrogens with zero attached hydrogens (tertiary/aromatic N) is 6. The molecule has 0 bridgehead atoms. The van der Waals surface area contributed by atoms with Crippen LogP contribution >= 0.6 is 0 Å². The van der Waals surface area contributed by atoms with Crippen LogP contribution in [0.2, 0.25) is 0 Å². The number of rotatable bonds is 4. The highest BCUT2D eigenvalue weighted by Crippen LogP contribution is 2.26. The van der Waals surface area contributed by atoms with Crippen molar-refractivity contribution in [3.63, 3.8) is 0 Å². The quantitative estimate of drug-likeness (QED) is 0.583. The van der Waals surface area contributed by atoms with Gasteiger partial charge < -0.3 is 5.32 Å². The van der Waals surface area contributed by atoms with Crippen molar-refractivity contribution in [2.45, 2.75) is 18.9 Å². The summed E-state index contributed by atoms with van der Waals surface area (Å²) in [4.78, 5) is 9.22. The Morgan fingerprint density at radius 1 is 0.828 bits per heavy atom. The molecule has 7 heteroatoms. The first-order valence-corrected chi connectivity index (χ1v) is 9.93. The number of hydrogen-bond acceptors (Lipinski definition) is 5. The van der Waals surface area contributed by atoms with Crippen LogP contribution in [0.25, 0.3) is 33.6 Å². The average Bonchev–Trinajstić information content (AvgIpc) is 3.44. The summed E-state index contributed by atoms with van der Waals surface area (Å²) in [6.07, 6.45) is 13.9. The predicted molar refractivity (Wildman–Crippen MR) is 112 cm³/mol. The van der Waals surface area contributed by atoms with Crippen LogP contribution in [0.15, 0.2) is 61.4 Å².